The Kier molecular flexibility index (Phi) is 6.63. The summed E-state index contributed by atoms with van der Waals surface area (Å²) in [5, 5.41) is 2.53. The molecule has 0 aromatic heterocycles. The molecule has 1 fully saturated rings. The Morgan fingerprint density at radius 1 is 1.09 bits per heavy atom. The van der Waals surface area contributed by atoms with Crippen molar-refractivity contribution in [2.24, 2.45) is 0 Å². The number of esters is 1. The number of fused-ring (bicyclic) bond motifs is 1. The van der Waals surface area contributed by atoms with Gasteiger partial charge in [-0.2, -0.15) is 0 Å². The lowest BCUT2D eigenvalue weighted by molar-refractivity contribution is -0.167. The number of carbonyl (C=O) groups excluding carboxylic acids is 6. The molecule has 0 spiro atoms. The number of nitrogens with one attached hydrogen (secondary N) is 1. The van der Waals surface area contributed by atoms with E-state index in [1.165, 1.54) is 26.0 Å². The van der Waals surface area contributed by atoms with Gasteiger partial charge in [0.15, 0.2) is 6.73 Å². The second-order valence-electron chi connectivity index (χ2n) is 8.71. The van der Waals surface area contributed by atoms with Crippen molar-refractivity contribution < 1.29 is 33.5 Å². The molecule has 1 N–H and O–H groups in total. The number of likely N-dealkylation sites (tertiary alicyclic amines) is 1. The minimum Gasteiger partial charge on any atom is -0.442 e. The van der Waals surface area contributed by atoms with Crippen LogP contribution in [0.3, 0.4) is 0 Å². The molecule has 1 saturated heterocycles. The number of carbonyl (C=O) groups is 6. The molecule has 11 nitrogen and oxygen atoms in total. The first-order valence-electron chi connectivity index (χ1n) is 10.4. The maximum Gasteiger partial charge on any atom is 0.333 e. The van der Waals surface area contributed by atoms with Crippen LogP contribution in [0, 0.1) is 0 Å². The number of benzene rings is 1. The van der Waals surface area contributed by atoms with E-state index in [1.807, 2.05) is 0 Å². The quantitative estimate of drug-likeness (QED) is 0.437. The average Bonchev–Trinajstić information content (AvgIpc) is 2.97. The van der Waals surface area contributed by atoms with Crippen LogP contribution < -0.4 is 5.32 Å². The minimum atomic E-state index is -1.41. The van der Waals surface area contributed by atoms with Crippen LogP contribution >= 0.6 is 0 Å². The van der Waals surface area contributed by atoms with Crippen LogP contribution in [0.1, 0.15) is 47.4 Å². The maximum absolute atomic E-state index is 13.0. The zero-order chi connectivity index (χ0) is 24.5. The average molecular weight is 458 g/mol. The van der Waals surface area contributed by atoms with Crippen LogP contribution in [0.25, 0.3) is 0 Å². The van der Waals surface area contributed by atoms with Gasteiger partial charge in [-0.05, 0) is 46.5 Å². The lowest BCUT2D eigenvalue weighted by Gasteiger charge is -2.34. The zero-order valence-corrected chi connectivity index (χ0v) is 18.9. The van der Waals surface area contributed by atoms with E-state index < -0.39 is 53.8 Å². The summed E-state index contributed by atoms with van der Waals surface area (Å²) in [6.07, 6.45) is -0.121. The molecule has 33 heavy (non-hydrogen) atoms. The molecular weight excluding hydrogens is 432 g/mol. The molecule has 5 amide bonds. The van der Waals surface area contributed by atoms with Crippen LogP contribution in [0.5, 0.6) is 0 Å². The lowest BCUT2D eigenvalue weighted by Crippen LogP contribution is -2.57. The highest BCUT2D eigenvalue weighted by Crippen LogP contribution is 2.29. The zero-order valence-electron chi connectivity index (χ0n) is 18.9. The molecule has 2 aliphatic rings. The van der Waals surface area contributed by atoms with Gasteiger partial charge in [0.25, 0.3) is 17.7 Å². The van der Waals surface area contributed by atoms with Gasteiger partial charge in [-0.25, -0.2) is 9.69 Å². The molecule has 3 rings (SSSR count). The Morgan fingerprint density at radius 3 is 2.21 bits per heavy atom. The van der Waals surface area contributed by atoms with E-state index >= 15 is 0 Å². The normalized spacial score (nSPS) is 18.6. The van der Waals surface area contributed by atoms with Crippen molar-refractivity contribution in [1.29, 1.82) is 0 Å². The predicted molar refractivity (Wildman–Crippen MR) is 114 cm³/mol. The van der Waals surface area contributed by atoms with Crippen molar-refractivity contribution >= 4 is 35.5 Å². The van der Waals surface area contributed by atoms with Gasteiger partial charge in [0.05, 0.1) is 17.7 Å². The Labute approximate surface area is 190 Å². The Morgan fingerprint density at radius 2 is 1.67 bits per heavy atom. The summed E-state index contributed by atoms with van der Waals surface area (Å²) >= 11 is 0. The minimum absolute atomic E-state index is 0.0142. The van der Waals surface area contributed by atoms with Gasteiger partial charge in [0.1, 0.15) is 11.6 Å². The molecule has 2 aliphatic heterocycles. The number of nitrogens with zero attached hydrogens (tertiary/aromatic N) is 3. The van der Waals surface area contributed by atoms with Gasteiger partial charge in [0, 0.05) is 6.42 Å². The summed E-state index contributed by atoms with van der Waals surface area (Å²) in [5.41, 5.74) is -1.02. The first kappa shape index (κ1) is 24.1. The topological polar surface area (TPSA) is 133 Å². The van der Waals surface area contributed by atoms with Gasteiger partial charge >= 0.3 is 5.97 Å². The van der Waals surface area contributed by atoms with Crippen molar-refractivity contribution in [2.45, 2.75) is 38.3 Å². The summed E-state index contributed by atoms with van der Waals surface area (Å²) < 4.78 is 5.15. The first-order valence-corrected chi connectivity index (χ1v) is 10.4. The third-order valence-electron chi connectivity index (χ3n) is 5.37. The van der Waals surface area contributed by atoms with Crippen LogP contribution in [0.2, 0.25) is 0 Å². The van der Waals surface area contributed by atoms with Crippen molar-refractivity contribution in [1.82, 2.24) is 20.0 Å². The van der Waals surface area contributed by atoms with E-state index in [9.17, 15) is 28.8 Å². The molecular formula is C22H26N4O7. The number of hydrogen-bond acceptors (Lipinski definition) is 8. The van der Waals surface area contributed by atoms with E-state index in [1.54, 1.807) is 31.1 Å². The summed E-state index contributed by atoms with van der Waals surface area (Å²) in [4.78, 5) is 78.5. The number of amides is 5. The second-order valence-corrected chi connectivity index (χ2v) is 8.71. The lowest BCUT2D eigenvalue weighted by atomic mass is 10.0. The molecule has 1 aromatic carbocycles. The van der Waals surface area contributed by atoms with Crippen molar-refractivity contribution in [3.8, 4) is 0 Å². The molecule has 2 heterocycles. The molecule has 176 valence electrons. The van der Waals surface area contributed by atoms with Gasteiger partial charge in [-0.1, -0.05) is 12.1 Å². The molecule has 1 aromatic rings. The highest BCUT2D eigenvalue weighted by molar-refractivity contribution is 6.23. The number of rotatable bonds is 7. The standard InChI is InChI=1S/C22H26N4O7/c1-22(2,23-16(27)11-24(3)4)21(32)33-12-25-17(28)10-9-15(20(25)31)26-18(29)13-7-5-6-8-14(13)19(26)30/h5-8,15H,9-12H2,1-4H3,(H,23,27). The van der Waals surface area contributed by atoms with E-state index in [0.717, 1.165) is 4.90 Å². The molecule has 11 heteroatoms. The van der Waals surface area contributed by atoms with Gasteiger partial charge in [0.2, 0.25) is 11.8 Å². The molecule has 0 bridgehead atoms. The van der Waals surface area contributed by atoms with E-state index in [0.29, 0.717) is 4.90 Å². The Hall–Kier alpha value is -3.60. The van der Waals surface area contributed by atoms with Crippen molar-refractivity contribution in [3.63, 3.8) is 0 Å². The largest absolute Gasteiger partial charge is 0.442 e. The fraction of sp³-hybridized carbons (Fsp3) is 0.455. The number of piperidine rings is 1. The molecule has 1 unspecified atom stereocenters. The Balaban J connectivity index is 1.68. The van der Waals surface area contributed by atoms with Crippen LogP contribution in [0.4, 0.5) is 0 Å². The smallest absolute Gasteiger partial charge is 0.333 e. The number of hydrogen-bond donors (Lipinski definition) is 1. The number of imide groups is 2. The SMILES string of the molecule is CN(C)CC(=O)NC(C)(C)C(=O)OCN1C(=O)CCC(N2C(=O)c3ccccc3C2=O)C1=O. The summed E-state index contributed by atoms with van der Waals surface area (Å²) in [6, 6.07) is 5.05. The van der Waals surface area contributed by atoms with Crippen LogP contribution in [-0.4, -0.2) is 89.2 Å². The van der Waals surface area contributed by atoms with Crippen molar-refractivity contribution in [3.05, 3.63) is 35.4 Å². The Bertz CT molecular complexity index is 998. The fourth-order valence-corrected chi connectivity index (χ4v) is 3.72. The van der Waals surface area contributed by atoms with E-state index in [2.05, 4.69) is 5.32 Å². The third kappa shape index (κ3) is 4.77. The molecule has 0 saturated carbocycles. The highest BCUT2D eigenvalue weighted by Gasteiger charge is 2.47. The monoisotopic (exact) mass is 458 g/mol. The summed E-state index contributed by atoms with van der Waals surface area (Å²) in [6.45, 7) is 2.24. The van der Waals surface area contributed by atoms with Gasteiger partial charge in [-0.15, -0.1) is 0 Å². The molecule has 0 radical (unpaired) electrons. The van der Waals surface area contributed by atoms with Gasteiger partial charge < -0.3 is 15.0 Å². The molecule has 0 aliphatic carbocycles. The first-order chi connectivity index (χ1) is 15.4. The van der Waals surface area contributed by atoms with E-state index in [4.69, 9.17) is 4.74 Å². The fourth-order valence-electron chi connectivity index (χ4n) is 3.72. The van der Waals surface area contributed by atoms with Crippen molar-refractivity contribution in [2.75, 3.05) is 27.4 Å². The van der Waals surface area contributed by atoms with Crippen LogP contribution in [-0.2, 0) is 23.9 Å². The summed E-state index contributed by atoms with van der Waals surface area (Å²) in [7, 11) is 3.40. The third-order valence-corrected chi connectivity index (χ3v) is 5.37. The van der Waals surface area contributed by atoms with Gasteiger partial charge in [-0.3, -0.25) is 28.9 Å². The second kappa shape index (κ2) is 9.10. The van der Waals surface area contributed by atoms with Crippen LogP contribution in [0.15, 0.2) is 24.3 Å². The summed E-state index contributed by atoms with van der Waals surface area (Å²) in [5.74, 6) is -3.86. The number of likely N-dealkylation sites (N-methyl/N-ethyl adjacent to an activating group) is 1. The number of ether oxygens (including phenoxy) is 1. The molecule has 1 atom stereocenters. The predicted octanol–water partition coefficient (Wildman–Crippen LogP) is -0.243. The maximum atomic E-state index is 13.0. The highest BCUT2D eigenvalue weighted by atomic mass is 16.5. The van der Waals surface area contributed by atoms with E-state index in [-0.39, 0.29) is 30.5 Å².